The number of amides is 2. The molecule has 2 fully saturated rings. The zero-order valence-electron chi connectivity index (χ0n) is 29.0. The number of methoxy groups -OCH3 is 1. The molecule has 2 saturated heterocycles. The SMILES string of the molecule is COC(=O)N[C@H](C(=O)N1[C@@H](C)CC[C@H]1c1nc2ccc3cc4c(cc3c2[nH]1)OCc1cc(-c2cnc(C[C@@H]3CCCN3P)[nH]2)ccc1-4)C(C)C. The quantitative estimate of drug-likeness (QED) is 0.158. The van der Waals surface area contributed by atoms with Crippen molar-refractivity contribution >= 4 is 43.2 Å². The summed E-state index contributed by atoms with van der Waals surface area (Å²) in [6, 6.07) is 14.6. The monoisotopic (exact) mass is 693 g/mol. The summed E-state index contributed by atoms with van der Waals surface area (Å²) in [4.78, 5) is 44.7. The van der Waals surface area contributed by atoms with Crippen molar-refractivity contribution in [2.45, 2.75) is 83.6 Å². The van der Waals surface area contributed by atoms with E-state index in [0.717, 1.165) is 87.4 Å². The Hall–Kier alpha value is -4.47. The molecule has 0 spiro atoms. The summed E-state index contributed by atoms with van der Waals surface area (Å²) >= 11 is 0. The summed E-state index contributed by atoms with van der Waals surface area (Å²) in [5, 5.41) is 4.84. The molecule has 0 bridgehead atoms. The van der Waals surface area contributed by atoms with Crippen molar-refractivity contribution in [1.29, 1.82) is 0 Å². The van der Waals surface area contributed by atoms with Gasteiger partial charge in [0.25, 0.3) is 0 Å². The van der Waals surface area contributed by atoms with Gasteiger partial charge < -0.3 is 29.7 Å². The maximum absolute atomic E-state index is 13.9. The van der Waals surface area contributed by atoms with Gasteiger partial charge in [-0.2, -0.15) is 0 Å². The highest BCUT2D eigenvalue weighted by molar-refractivity contribution is 7.13. The number of hydrogen-bond acceptors (Lipinski definition) is 7. The number of carbonyl (C=O) groups excluding carboxylic acids is 2. The van der Waals surface area contributed by atoms with Crippen LogP contribution in [-0.2, 0) is 22.6 Å². The summed E-state index contributed by atoms with van der Waals surface area (Å²) < 4.78 is 13.6. The Bertz CT molecular complexity index is 2110. The van der Waals surface area contributed by atoms with Crippen LogP contribution in [0.2, 0.25) is 0 Å². The molecule has 3 aliphatic rings. The van der Waals surface area contributed by atoms with Gasteiger partial charge in [-0.05, 0) is 84.9 Å². The number of ether oxygens (including phenoxy) is 2. The highest BCUT2D eigenvalue weighted by Gasteiger charge is 2.41. The van der Waals surface area contributed by atoms with E-state index >= 15 is 0 Å². The lowest BCUT2D eigenvalue weighted by Crippen LogP contribution is -2.52. The van der Waals surface area contributed by atoms with E-state index in [2.05, 4.69) is 72.7 Å². The lowest BCUT2D eigenvalue weighted by Gasteiger charge is -2.32. The predicted molar refractivity (Wildman–Crippen MR) is 197 cm³/mol. The normalized spacial score (nSPS) is 21.0. The summed E-state index contributed by atoms with van der Waals surface area (Å²) in [5.74, 6) is 2.38. The van der Waals surface area contributed by atoms with Crippen LogP contribution in [0.1, 0.15) is 69.7 Å². The first kappa shape index (κ1) is 32.7. The molecule has 3 aliphatic heterocycles. The van der Waals surface area contributed by atoms with Crippen molar-refractivity contribution in [3.63, 3.8) is 0 Å². The van der Waals surface area contributed by atoms with Gasteiger partial charge >= 0.3 is 6.09 Å². The summed E-state index contributed by atoms with van der Waals surface area (Å²) in [7, 11) is 4.17. The van der Waals surface area contributed by atoms with Crippen molar-refractivity contribution in [2.75, 3.05) is 13.7 Å². The van der Waals surface area contributed by atoms with Crippen molar-refractivity contribution in [2.24, 2.45) is 5.92 Å². The molecule has 260 valence electrons. The van der Waals surface area contributed by atoms with Crippen LogP contribution in [0.3, 0.4) is 0 Å². The van der Waals surface area contributed by atoms with Gasteiger partial charge in [-0.15, -0.1) is 0 Å². The number of alkyl carbamates (subject to hydrolysis) is 1. The van der Waals surface area contributed by atoms with Gasteiger partial charge in [-0.1, -0.05) is 41.4 Å². The number of carbonyl (C=O) groups is 2. The van der Waals surface area contributed by atoms with Crippen molar-refractivity contribution in [1.82, 2.24) is 34.8 Å². The Morgan fingerprint density at radius 1 is 1.10 bits per heavy atom. The molecular formula is C38H44N7O4P. The first-order chi connectivity index (χ1) is 24.2. The fourth-order valence-electron chi connectivity index (χ4n) is 8.03. The van der Waals surface area contributed by atoms with Crippen LogP contribution in [-0.4, -0.2) is 73.3 Å². The summed E-state index contributed by atoms with van der Waals surface area (Å²) in [5.41, 5.74) is 7.26. The van der Waals surface area contributed by atoms with E-state index < -0.39 is 12.1 Å². The Kier molecular flexibility index (Phi) is 8.51. The zero-order chi connectivity index (χ0) is 34.7. The van der Waals surface area contributed by atoms with Crippen molar-refractivity contribution in [3.05, 3.63) is 65.9 Å². The lowest BCUT2D eigenvalue weighted by molar-refractivity contribution is -0.137. The molecule has 5 aromatic rings. The second kappa shape index (κ2) is 13.0. The molecule has 0 saturated carbocycles. The predicted octanol–water partition coefficient (Wildman–Crippen LogP) is 6.90. The smallest absolute Gasteiger partial charge is 0.407 e. The third-order valence-corrected chi connectivity index (χ3v) is 11.5. The van der Waals surface area contributed by atoms with Gasteiger partial charge in [-0.3, -0.25) is 9.46 Å². The van der Waals surface area contributed by atoms with E-state index in [-0.39, 0.29) is 23.9 Å². The van der Waals surface area contributed by atoms with Gasteiger partial charge in [-0.25, -0.2) is 14.8 Å². The maximum Gasteiger partial charge on any atom is 0.407 e. The van der Waals surface area contributed by atoms with Crippen LogP contribution in [0.25, 0.3) is 44.2 Å². The number of aromatic amines is 2. The van der Waals surface area contributed by atoms with Crippen LogP contribution in [0.5, 0.6) is 5.75 Å². The van der Waals surface area contributed by atoms with Crippen LogP contribution in [0, 0.1) is 5.92 Å². The number of fused-ring (bicyclic) bond motifs is 6. The largest absolute Gasteiger partial charge is 0.488 e. The van der Waals surface area contributed by atoms with Crippen LogP contribution in [0.15, 0.2) is 48.7 Å². The minimum Gasteiger partial charge on any atom is -0.488 e. The number of rotatable bonds is 7. The molecule has 3 N–H and O–H groups in total. The molecule has 8 rings (SSSR count). The highest BCUT2D eigenvalue weighted by Crippen LogP contribution is 2.43. The Balaban J connectivity index is 1.08. The third-order valence-electron chi connectivity index (χ3n) is 10.8. The number of aromatic nitrogens is 4. The van der Waals surface area contributed by atoms with Crippen LogP contribution < -0.4 is 10.1 Å². The van der Waals surface area contributed by atoms with Gasteiger partial charge in [0.05, 0.1) is 36.1 Å². The summed E-state index contributed by atoms with van der Waals surface area (Å²) in [6.07, 6.45) is 6.31. The maximum atomic E-state index is 13.9. The van der Waals surface area contributed by atoms with Crippen molar-refractivity contribution < 1.29 is 19.1 Å². The second-order valence-corrected chi connectivity index (χ2v) is 15.0. The first-order valence-electron chi connectivity index (χ1n) is 17.6. The number of nitrogens with one attached hydrogen (secondary N) is 3. The number of benzene rings is 3. The van der Waals surface area contributed by atoms with Gasteiger partial charge in [0.2, 0.25) is 5.91 Å². The molecule has 3 aromatic carbocycles. The fourth-order valence-corrected chi connectivity index (χ4v) is 8.47. The van der Waals surface area contributed by atoms with E-state index in [1.54, 1.807) is 0 Å². The highest BCUT2D eigenvalue weighted by atomic mass is 31.0. The standard InChI is InChI=1S/C38H44N7O4P/c1-20(2)34(43-38(47)48-4)37(46)45-21(3)7-12-31(45)36-41-29-11-9-22-15-28-26-10-8-23(14-24(26)19-49-32(28)17-27(22)35(29)42-36)30-18-39-33(40-30)16-25-6-5-13-44(25)50/h8-11,14-15,17-18,20-21,25,31,34H,5-7,12-13,16,19,50H2,1-4H3,(H,39,40)(H,41,42)(H,43,47)/t21-,25-,31-,34-/m0/s1. The van der Waals surface area contributed by atoms with Gasteiger partial charge in [0.15, 0.2) is 0 Å². The average molecular weight is 694 g/mol. The number of likely N-dealkylation sites (tertiary alicyclic amines) is 1. The molecule has 1 unspecified atom stereocenters. The molecule has 2 aromatic heterocycles. The molecule has 12 heteroatoms. The molecule has 0 aliphatic carbocycles. The van der Waals surface area contributed by atoms with E-state index in [1.807, 2.05) is 31.0 Å². The van der Waals surface area contributed by atoms with Gasteiger partial charge in [0, 0.05) is 36.0 Å². The number of hydrogen-bond donors (Lipinski definition) is 3. The molecule has 50 heavy (non-hydrogen) atoms. The van der Waals surface area contributed by atoms with E-state index in [4.69, 9.17) is 19.4 Å². The van der Waals surface area contributed by atoms with E-state index in [0.29, 0.717) is 12.6 Å². The van der Waals surface area contributed by atoms with Gasteiger partial charge in [0.1, 0.15) is 30.0 Å². The number of nitrogens with zero attached hydrogens (tertiary/aromatic N) is 4. The lowest BCUT2D eigenvalue weighted by atomic mass is 9.92. The molecule has 5 heterocycles. The fraction of sp³-hybridized carbons (Fsp3) is 0.421. The summed E-state index contributed by atoms with van der Waals surface area (Å²) in [6.45, 7) is 7.50. The minimum absolute atomic E-state index is 0.00704. The molecule has 5 atom stereocenters. The number of imidazole rings is 2. The third kappa shape index (κ3) is 5.80. The minimum atomic E-state index is -0.696. The number of H-pyrrole nitrogens is 2. The average Bonchev–Trinajstić information content (AvgIpc) is 3.93. The Labute approximate surface area is 293 Å². The van der Waals surface area contributed by atoms with E-state index in [9.17, 15) is 9.59 Å². The second-order valence-electron chi connectivity index (χ2n) is 14.3. The molecule has 11 nitrogen and oxygen atoms in total. The Morgan fingerprint density at radius 3 is 2.74 bits per heavy atom. The topological polar surface area (TPSA) is 128 Å². The van der Waals surface area contributed by atoms with Crippen molar-refractivity contribution in [3.8, 4) is 28.1 Å². The molecule has 2 amide bonds. The molecular weight excluding hydrogens is 649 g/mol. The van der Waals surface area contributed by atoms with Crippen LogP contribution >= 0.6 is 9.39 Å². The first-order valence-corrected chi connectivity index (χ1v) is 18.1. The van der Waals surface area contributed by atoms with Crippen LogP contribution in [0.4, 0.5) is 4.79 Å². The molecule has 0 radical (unpaired) electrons. The Morgan fingerprint density at radius 2 is 1.96 bits per heavy atom. The van der Waals surface area contributed by atoms with E-state index in [1.165, 1.54) is 25.5 Å². The zero-order valence-corrected chi connectivity index (χ0v) is 30.1.